The SMILES string of the molecule is O=C1OCC(OCC=C(F)C(F)(F)F)O1. The predicted molar refractivity (Wildman–Crippen MR) is 37.4 cm³/mol. The van der Waals surface area contributed by atoms with E-state index in [-0.39, 0.29) is 12.7 Å². The van der Waals surface area contributed by atoms with Crippen molar-refractivity contribution in [1.82, 2.24) is 0 Å². The first kappa shape index (κ1) is 11.8. The van der Waals surface area contributed by atoms with Gasteiger partial charge >= 0.3 is 12.3 Å². The van der Waals surface area contributed by atoms with E-state index in [0.29, 0.717) is 0 Å². The number of alkyl halides is 3. The second-order valence-corrected chi connectivity index (χ2v) is 2.49. The van der Waals surface area contributed by atoms with Gasteiger partial charge in [0.25, 0.3) is 0 Å². The Bertz CT molecular complexity index is 273. The highest BCUT2D eigenvalue weighted by Gasteiger charge is 2.34. The van der Waals surface area contributed by atoms with E-state index in [1.54, 1.807) is 0 Å². The van der Waals surface area contributed by atoms with Crippen molar-refractivity contribution in [2.45, 2.75) is 12.5 Å². The smallest absolute Gasteiger partial charge is 0.428 e. The molecule has 0 bridgehead atoms. The molecule has 0 aromatic carbocycles. The van der Waals surface area contributed by atoms with E-state index in [1.165, 1.54) is 0 Å². The first-order valence-corrected chi connectivity index (χ1v) is 3.77. The highest BCUT2D eigenvalue weighted by molar-refractivity contribution is 5.61. The van der Waals surface area contributed by atoms with E-state index in [1.807, 2.05) is 0 Å². The van der Waals surface area contributed by atoms with Crippen molar-refractivity contribution in [1.29, 1.82) is 0 Å². The topological polar surface area (TPSA) is 44.8 Å². The summed E-state index contributed by atoms with van der Waals surface area (Å²) in [6.07, 6.45) is -6.88. The molecule has 1 heterocycles. The fourth-order valence-electron chi connectivity index (χ4n) is 0.738. The van der Waals surface area contributed by atoms with Crippen LogP contribution in [0.1, 0.15) is 0 Å². The summed E-state index contributed by atoms with van der Waals surface area (Å²) in [5.41, 5.74) is 0. The molecule has 1 saturated heterocycles. The van der Waals surface area contributed by atoms with Crippen LogP contribution in [0.25, 0.3) is 0 Å². The molecule has 1 unspecified atom stereocenters. The lowest BCUT2D eigenvalue weighted by atomic mass is 10.4. The molecule has 15 heavy (non-hydrogen) atoms. The minimum atomic E-state index is -5.02. The van der Waals surface area contributed by atoms with Crippen molar-refractivity contribution >= 4 is 6.16 Å². The van der Waals surface area contributed by atoms with Crippen LogP contribution in [-0.4, -0.2) is 31.8 Å². The molecule has 0 spiro atoms. The molecule has 0 aromatic heterocycles. The van der Waals surface area contributed by atoms with E-state index < -0.39 is 31.1 Å². The molecule has 8 heteroatoms. The van der Waals surface area contributed by atoms with Crippen LogP contribution in [0.3, 0.4) is 0 Å². The minimum absolute atomic E-state index is 0.201. The van der Waals surface area contributed by atoms with Gasteiger partial charge in [-0.05, 0) is 6.08 Å². The zero-order valence-corrected chi connectivity index (χ0v) is 7.21. The number of allylic oxidation sites excluding steroid dienone is 1. The summed E-state index contributed by atoms with van der Waals surface area (Å²) in [7, 11) is 0. The fourth-order valence-corrected chi connectivity index (χ4v) is 0.738. The Morgan fingerprint density at radius 1 is 1.60 bits per heavy atom. The summed E-state index contributed by atoms with van der Waals surface area (Å²) >= 11 is 0. The van der Waals surface area contributed by atoms with Crippen LogP contribution in [0.2, 0.25) is 0 Å². The zero-order valence-electron chi connectivity index (χ0n) is 7.21. The lowest BCUT2D eigenvalue weighted by Gasteiger charge is -2.06. The molecule has 0 saturated carbocycles. The molecule has 0 aromatic rings. The van der Waals surface area contributed by atoms with Gasteiger partial charge in [0.05, 0.1) is 6.61 Å². The summed E-state index contributed by atoms with van der Waals surface area (Å²) in [6.45, 7) is -0.882. The number of halogens is 4. The summed E-state index contributed by atoms with van der Waals surface area (Å²) in [5, 5.41) is 0. The van der Waals surface area contributed by atoms with Crippen LogP contribution >= 0.6 is 0 Å². The van der Waals surface area contributed by atoms with Gasteiger partial charge in [0.2, 0.25) is 12.1 Å². The molecule has 0 amide bonds. The van der Waals surface area contributed by atoms with Crippen LogP contribution < -0.4 is 0 Å². The second kappa shape index (κ2) is 4.47. The van der Waals surface area contributed by atoms with Crippen molar-refractivity contribution < 1.29 is 36.6 Å². The third kappa shape index (κ3) is 3.74. The van der Waals surface area contributed by atoms with Crippen LogP contribution in [0.4, 0.5) is 22.4 Å². The van der Waals surface area contributed by atoms with Crippen molar-refractivity contribution in [3.8, 4) is 0 Å². The molecule has 1 aliphatic heterocycles. The molecule has 1 atom stereocenters. The van der Waals surface area contributed by atoms with E-state index >= 15 is 0 Å². The largest absolute Gasteiger partial charge is 0.510 e. The molecule has 0 N–H and O–H groups in total. The number of hydrogen-bond donors (Lipinski definition) is 0. The average Bonchev–Trinajstić information content (AvgIpc) is 2.49. The van der Waals surface area contributed by atoms with Crippen LogP contribution in [0.15, 0.2) is 11.9 Å². The summed E-state index contributed by atoms with van der Waals surface area (Å²) in [6, 6.07) is 0. The summed E-state index contributed by atoms with van der Waals surface area (Å²) in [5.74, 6) is -2.26. The Labute approximate surface area is 81.4 Å². The number of hydrogen-bond acceptors (Lipinski definition) is 4. The standard InChI is InChI=1S/C7H6F4O4/c8-4(7(9,10)11)1-2-13-5-3-14-6(12)15-5/h1,5H,2-3H2. The number of rotatable bonds is 3. The molecular weight excluding hydrogens is 224 g/mol. The van der Waals surface area contributed by atoms with Crippen LogP contribution in [0, 0.1) is 0 Å². The van der Waals surface area contributed by atoms with Gasteiger partial charge in [-0.2, -0.15) is 13.2 Å². The third-order valence-corrected chi connectivity index (χ3v) is 1.38. The molecule has 1 rings (SSSR count). The Kier molecular flexibility index (Phi) is 3.51. The van der Waals surface area contributed by atoms with Gasteiger partial charge in [0.15, 0.2) is 6.61 Å². The maximum atomic E-state index is 12.2. The van der Waals surface area contributed by atoms with E-state index in [2.05, 4.69) is 14.2 Å². The number of cyclic esters (lactones) is 2. The molecule has 1 fully saturated rings. The van der Waals surface area contributed by atoms with Crippen molar-refractivity contribution in [2.24, 2.45) is 0 Å². The summed E-state index contributed by atoms with van der Waals surface area (Å²) < 4.78 is 60.1. The zero-order chi connectivity index (χ0) is 11.5. The Morgan fingerprint density at radius 2 is 2.27 bits per heavy atom. The van der Waals surface area contributed by atoms with Gasteiger partial charge in [-0.25, -0.2) is 9.18 Å². The highest BCUT2D eigenvalue weighted by atomic mass is 19.4. The first-order valence-electron chi connectivity index (χ1n) is 3.77. The number of ether oxygens (including phenoxy) is 3. The molecule has 1 aliphatic rings. The Hall–Kier alpha value is -1.31. The van der Waals surface area contributed by atoms with Gasteiger partial charge in [-0.15, -0.1) is 0 Å². The van der Waals surface area contributed by atoms with Gasteiger partial charge in [-0.3, -0.25) is 0 Å². The monoisotopic (exact) mass is 230 g/mol. The van der Waals surface area contributed by atoms with Crippen LogP contribution in [-0.2, 0) is 14.2 Å². The van der Waals surface area contributed by atoms with Crippen molar-refractivity contribution in [3.63, 3.8) is 0 Å². The van der Waals surface area contributed by atoms with Crippen molar-refractivity contribution in [3.05, 3.63) is 11.9 Å². The lowest BCUT2D eigenvalue weighted by molar-refractivity contribution is -0.111. The van der Waals surface area contributed by atoms with Gasteiger partial charge in [0, 0.05) is 0 Å². The van der Waals surface area contributed by atoms with Crippen LogP contribution in [0.5, 0.6) is 0 Å². The molecular formula is C7H6F4O4. The van der Waals surface area contributed by atoms with Gasteiger partial charge in [0.1, 0.15) is 0 Å². The first-order chi connectivity index (χ1) is 6.89. The molecule has 0 radical (unpaired) electrons. The van der Waals surface area contributed by atoms with Crippen molar-refractivity contribution in [2.75, 3.05) is 13.2 Å². The van der Waals surface area contributed by atoms with E-state index in [0.717, 1.165) is 0 Å². The maximum Gasteiger partial charge on any atom is 0.510 e. The lowest BCUT2D eigenvalue weighted by Crippen LogP contribution is -2.16. The van der Waals surface area contributed by atoms with Gasteiger partial charge < -0.3 is 14.2 Å². The highest BCUT2D eigenvalue weighted by Crippen LogP contribution is 2.26. The predicted octanol–water partition coefficient (Wildman–Crippen LogP) is 1.91. The van der Waals surface area contributed by atoms with E-state index in [9.17, 15) is 22.4 Å². The molecule has 86 valence electrons. The number of carbonyl (C=O) groups is 1. The Morgan fingerprint density at radius 3 is 2.73 bits per heavy atom. The fraction of sp³-hybridized carbons (Fsp3) is 0.571. The third-order valence-electron chi connectivity index (χ3n) is 1.38. The summed E-state index contributed by atoms with van der Waals surface area (Å²) in [4.78, 5) is 10.3. The molecule has 0 aliphatic carbocycles. The minimum Gasteiger partial charge on any atom is -0.428 e. The normalized spacial score (nSPS) is 22.5. The molecule has 4 nitrogen and oxygen atoms in total. The van der Waals surface area contributed by atoms with Gasteiger partial charge in [-0.1, -0.05) is 0 Å². The quantitative estimate of drug-likeness (QED) is 0.548. The number of carbonyl (C=O) groups excluding carboxylic acids is 1. The average molecular weight is 230 g/mol. The second-order valence-electron chi connectivity index (χ2n) is 2.49. The van der Waals surface area contributed by atoms with E-state index in [4.69, 9.17) is 0 Å². The Balaban J connectivity index is 2.29. The maximum absolute atomic E-state index is 12.2.